The maximum absolute atomic E-state index is 12.4. The lowest BCUT2D eigenvalue weighted by molar-refractivity contribution is -0.115. The molecular formula is C16H26N2O4S. The molecule has 1 aromatic carbocycles. The van der Waals surface area contributed by atoms with E-state index in [1.807, 2.05) is 20.8 Å². The standard InChI is InChI=1S/C16H26N2O4S/c1-5-8-12(4)18-23(20,21)13-9-10-15(22-7-3)14(11-13)17-16(19)6-2/h9-12,18H,5-8H2,1-4H3,(H,17,19)/t12-/m0/s1. The first-order chi connectivity index (χ1) is 10.8. The quantitative estimate of drug-likeness (QED) is 0.723. The van der Waals surface area contributed by atoms with Crippen molar-refractivity contribution >= 4 is 21.6 Å². The van der Waals surface area contributed by atoms with Gasteiger partial charge in [-0.2, -0.15) is 0 Å². The largest absolute Gasteiger partial charge is 0.492 e. The Balaban J connectivity index is 3.12. The fourth-order valence-corrected chi connectivity index (χ4v) is 3.42. The van der Waals surface area contributed by atoms with Crippen molar-refractivity contribution in [3.63, 3.8) is 0 Å². The van der Waals surface area contributed by atoms with Crippen molar-refractivity contribution in [3.8, 4) is 5.75 Å². The molecule has 1 amide bonds. The minimum atomic E-state index is -3.64. The molecule has 0 aromatic heterocycles. The van der Waals surface area contributed by atoms with E-state index in [-0.39, 0.29) is 16.8 Å². The lowest BCUT2D eigenvalue weighted by Crippen LogP contribution is -2.32. The van der Waals surface area contributed by atoms with Crippen LogP contribution in [0, 0.1) is 0 Å². The predicted molar refractivity (Wildman–Crippen MR) is 91.2 cm³/mol. The van der Waals surface area contributed by atoms with Crippen LogP contribution in [0.15, 0.2) is 23.1 Å². The molecule has 0 radical (unpaired) electrons. The van der Waals surface area contributed by atoms with Crippen molar-refractivity contribution in [3.05, 3.63) is 18.2 Å². The maximum atomic E-state index is 12.4. The van der Waals surface area contributed by atoms with Crippen LogP contribution >= 0.6 is 0 Å². The first kappa shape index (κ1) is 19.4. The van der Waals surface area contributed by atoms with Crippen LogP contribution in [0.1, 0.15) is 47.0 Å². The van der Waals surface area contributed by atoms with E-state index in [0.29, 0.717) is 24.5 Å². The van der Waals surface area contributed by atoms with Crippen molar-refractivity contribution in [2.45, 2.75) is 57.9 Å². The van der Waals surface area contributed by atoms with E-state index in [9.17, 15) is 13.2 Å². The minimum Gasteiger partial charge on any atom is -0.492 e. The lowest BCUT2D eigenvalue weighted by Gasteiger charge is -2.16. The average Bonchev–Trinajstić information content (AvgIpc) is 2.48. The first-order valence-corrected chi connectivity index (χ1v) is 9.41. The van der Waals surface area contributed by atoms with Crippen LogP contribution in [-0.2, 0) is 14.8 Å². The molecule has 0 unspecified atom stereocenters. The predicted octanol–water partition coefficient (Wildman–Crippen LogP) is 2.90. The Kier molecular flexibility index (Phi) is 7.51. The summed E-state index contributed by atoms with van der Waals surface area (Å²) in [7, 11) is -3.64. The normalized spacial score (nSPS) is 12.7. The summed E-state index contributed by atoms with van der Waals surface area (Å²) >= 11 is 0. The smallest absolute Gasteiger partial charge is 0.240 e. The molecule has 0 fully saturated rings. The fourth-order valence-electron chi connectivity index (χ4n) is 2.12. The number of hydrogen-bond acceptors (Lipinski definition) is 4. The summed E-state index contributed by atoms with van der Waals surface area (Å²) in [5.41, 5.74) is 0.365. The Labute approximate surface area is 138 Å². The van der Waals surface area contributed by atoms with Gasteiger partial charge >= 0.3 is 0 Å². The second-order valence-electron chi connectivity index (χ2n) is 5.30. The summed E-state index contributed by atoms with van der Waals surface area (Å²) in [5, 5.41) is 2.68. The van der Waals surface area contributed by atoms with Gasteiger partial charge in [0.2, 0.25) is 15.9 Å². The molecule has 6 nitrogen and oxygen atoms in total. The second kappa shape index (κ2) is 8.88. The third-order valence-electron chi connectivity index (χ3n) is 3.23. The van der Waals surface area contributed by atoms with Gasteiger partial charge in [0.25, 0.3) is 0 Å². The molecule has 0 aliphatic carbocycles. The van der Waals surface area contributed by atoms with Crippen LogP contribution in [0.4, 0.5) is 5.69 Å². The lowest BCUT2D eigenvalue weighted by atomic mass is 10.2. The molecule has 130 valence electrons. The highest BCUT2D eigenvalue weighted by Crippen LogP contribution is 2.28. The Bertz CT molecular complexity index is 629. The van der Waals surface area contributed by atoms with Gasteiger partial charge in [-0.05, 0) is 38.5 Å². The van der Waals surface area contributed by atoms with Crippen LogP contribution in [0.2, 0.25) is 0 Å². The van der Waals surface area contributed by atoms with Crippen LogP contribution < -0.4 is 14.8 Å². The van der Waals surface area contributed by atoms with Gasteiger partial charge in [-0.15, -0.1) is 0 Å². The van der Waals surface area contributed by atoms with Crippen molar-refractivity contribution in [2.24, 2.45) is 0 Å². The number of carbonyl (C=O) groups excluding carboxylic acids is 1. The number of sulfonamides is 1. The van der Waals surface area contributed by atoms with Crippen molar-refractivity contribution in [1.82, 2.24) is 4.72 Å². The monoisotopic (exact) mass is 342 g/mol. The number of carbonyl (C=O) groups is 1. The summed E-state index contributed by atoms with van der Waals surface area (Å²) < 4.78 is 32.9. The van der Waals surface area contributed by atoms with Gasteiger partial charge < -0.3 is 10.1 Å². The van der Waals surface area contributed by atoms with Gasteiger partial charge in [-0.25, -0.2) is 13.1 Å². The molecule has 0 heterocycles. The number of nitrogens with one attached hydrogen (secondary N) is 2. The zero-order valence-electron chi connectivity index (χ0n) is 14.2. The van der Waals surface area contributed by atoms with Crippen LogP contribution in [0.25, 0.3) is 0 Å². The van der Waals surface area contributed by atoms with Gasteiger partial charge in [0.1, 0.15) is 5.75 Å². The van der Waals surface area contributed by atoms with Gasteiger partial charge in [-0.3, -0.25) is 4.79 Å². The van der Waals surface area contributed by atoms with E-state index in [1.54, 1.807) is 13.0 Å². The third kappa shape index (κ3) is 5.84. The summed E-state index contributed by atoms with van der Waals surface area (Å²) in [5.74, 6) is 0.252. The average molecular weight is 342 g/mol. The number of hydrogen-bond donors (Lipinski definition) is 2. The van der Waals surface area contributed by atoms with Gasteiger partial charge in [0, 0.05) is 12.5 Å². The Morgan fingerprint density at radius 2 is 1.96 bits per heavy atom. The van der Waals surface area contributed by atoms with E-state index in [4.69, 9.17) is 4.74 Å². The first-order valence-electron chi connectivity index (χ1n) is 7.93. The van der Waals surface area contributed by atoms with Crippen LogP contribution in [0.5, 0.6) is 5.75 Å². The highest BCUT2D eigenvalue weighted by Gasteiger charge is 2.19. The molecule has 1 rings (SSSR count). The van der Waals surface area contributed by atoms with E-state index >= 15 is 0 Å². The molecular weight excluding hydrogens is 316 g/mol. The number of rotatable bonds is 9. The molecule has 0 bridgehead atoms. The second-order valence-corrected chi connectivity index (χ2v) is 7.02. The van der Waals surface area contributed by atoms with Crippen LogP contribution in [-0.4, -0.2) is 27.0 Å². The van der Waals surface area contributed by atoms with E-state index in [0.717, 1.165) is 12.8 Å². The Morgan fingerprint density at radius 1 is 1.26 bits per heavy atom. The summed E-state index contributed by atoms with van der Waals surface area (Å²) in [4.78, 5) is 11.7. The molecule has 0 saturated heterocycles. The zero-order valence-corrected chi connectivity index (χ0v) is 15.0. The Morgan fingerprint density at radius 3 is 2.52 bits per heavy atom. The number of benzene rings is 1. The molecule has 1 atom stereocenters. The molecule has 2 N–H and O–H groups in total. The SMILES string of the molecule is CCC[C@H](C)NS(=O)(=O)c1ccc(OCC)c(NC(=O)CC)c1. The van der Waals surface area contributed by atoms with Gasteiger partial charge in [-0.1, -0.05) is 20.3 Å². The summed E-state index contributed by atoms with van der Waals surface area (Å²) in [6.45, 7) is 7.80. The summed E-state index contributed by atoms with van der Waals surface area (Å²) in [6.07, 6.45) is 1.95. The van der Waals surface area contributed by atoms with Crippen molar-refractivity contribution in [2.75, 3.05) is 11.9 Å². The molecule has 0 spiro atoms. The maximum Gasteiger partial charge on any atom is 0.240 e. The molecule has 0 saturated carbocycles. The molecule has 7 heteroatoms. The van der Waals surface area contributed by atoms with Crippen LogP contribution in [0.3, 0.4) is 0 Å². The summed E-state index contributed by atoms with van der Waals surface area (Å²) in [6, 6.07) is 4.33. The van der Waals surface area contributed by atoms with Gasteiger partial charge in [0.15, 0.2) is 0 Å². The van der Waals surface area contributed by atoms with E-state index < -0.39 is 10.0 Å². The van der Waals surface area contributed by atoms with E-state index in [1.165, 1.54) is 12.1 Å². The highest BCUT2D eigenvalue weighted by molar-refractivity contribution is 7.89. The molecule has 0 aliphatic heterocycles. The van der Waals surface area contributed by atoms with Gasteiger partial charge in [0.05, 0.1) is 17.2 Å². The minimum absolute atomic E-state index is 0.107. The Hall–Kier alpha value is -1.60. The topological polar surface area (TPSA) is 84.5 Å². The van der Waals surface area contributed by atoms with Crippen molar-refractivity contribution < 1.29 is 17.9 Å². The van der Waals surface area contributed by atoms with E-state index in [2.05, 4.69) is 10.0 Å². The number of ether oxygens (including phenoxy) is 1. The number of amides is 1. The van der Waals surface area contributed by atoms with Crippen molar-refractivity contribution in [1.29, 1.82) is 0 Å². The number of anilines is 1. The molecule has 23 heavy (non-hydrogen) atoms. The molecule has 1 aromatic rings. The highest BCUT2D eigenvalue weighted by atomic mass is 32.2. The zero-order chi connectivity index (χ0) is 17.5. The molecule has 0 aliphatic rings. The fraction of sp³-hybridized carbons (Fsp3) is 0.562. The third-order valence-corrected chi connectivity index (χ3v) is 4.82.